The van der Waals surface area contributed by atoms with Crippen LogP contribution < -0.4 is 5.56 Å². The highest BCUT2D eigenvalue weighted by Gasteiger charge is 2.28. The van der Waals surface area contributed by atoms with Gasteiger partial charge in [0.25, 0.3) is 5.56 Å². The lowest BCUT2D eigenvalue weighted by atomic mass is 10.1. The summed E-state index contributed by atoms with van der Waals surface area (Å²) in [6.45, 7) is 7.96. The van der Waals surface area contributed by atoms with Gasteiger partial charge in [0.15, 0.2) is 0 Å². The van der Waals surface area contributed by atoms with Crippen molar-refractivity contribution < 1.29 is 4.74 Å². The van der Waals surface area contributed by atoms with Gasteiger partial charge in [-0.3, -0.25) is 9.69 Å². The van der Waals surface area contributed by atoms with Crippen LogP contribution in [-0.4, -0.2) is 40.2 Å². The maximum atomic E-state index is 12.8. The number of thiophene rings is 2. The zero-order valence-electron chi connectivity index (χ0n) is 14.5. The molecule has 0 radical (unpaired) electrons. The van der Waals surface area contributed by atoms with E-state index in [-0.39, 0.29) is 23.8 Å². The van der Waals surface area contributed by atoms with E-state index >= 15 is 0 Å². The number of morpholine rings is 1. The molecule has 1 fully saturated rings. The lowest BCUT2D eigenvalue weighted by molar-refractivity contribution is -0.0797. The number of hydrogen-bond acceptors (Lipinski definition) is 6. The first-order chi connectivity index (χ1) is 12.0. The SMILES string of the molecule is C[C@H]1CN([C@@H](C)c2nc3scc(-c4cccs4)c3c(=O)[nH]2)C[C@H](C)O1. The van der Waals surface area contributed by atoms with Crippen LogP contribution in [0.4, 0.5) is 0 Å². The molecule has 1 saturated heterocycles. The molecular formula is C18H21N3O2S2. The lowest BCUT2D eigenvalue weighted by Crippen LogP contribution is -2.46. The Labute approximate surface area is 154 Å². The normalized spacial score (nSPS) is 23.2. The fraction of sp³-hybridized carbons (Fsp3) is 0.444. The molecule has 0 spiro atoms. The Morgan fingerprint density at radius 1 is 1.32 bits per heavy atom. The van der Waals surface area contributed by atoms with Crippen molar-refractivity contribution in [2.24, 2.45) is 0 Å². The van der Waals surface area contributed by atoms with Crippen LogP contribution in [0.3, 0.4) is 0 Å². The van der Waals surface area contributed by atoms with E-state index in [1.165, 1.54) is 11.3 Å². The summed E-state index contributed by atoms with van der Waals surface area (Å²) in [6, 6.07) is 4.10. The molecule has 4 heterocycles. The Morgan fingerprint density at radius 3 is 2.76 bits per heavy atom. The van der Waals surface area contributed by atoms with E-state index in [2.05, 4.69) is 30.7 Å². The molecule has 1 aliphatic heterocycles. The molecule has 5 nitrogen and oxygen atoms in total. The molecule has 132 valence electrons. The predicted molar refractivity (Wildman–Crippen MR) is 104 cm³/mol. The van der Waals surface area contributed by atoms with E-state index in [0.717, 1.165) is 34.2 Å². The van der Waals surface area contributed by atoms with Crippen LogP contribution in [0.1, 0.15) is 32.6 Å². The van der Waals surface area contributed by atoms with Crippen molar-refractivity contribution in [3.05, 3.63) is 39.1 Å². The summed E-state index contributed by atoms with van der Waals surface area (Å²) in [7, 11) is 0. The van der Waals surface area contributed by atoms with E-state index in [1.54, 1.807) is 11.3 Å². The average Bonchev–Trinajstić information content (AvgIpc) is 3.22. The summed E-state index contributed by atoms with van der Waals surface area (Å²) in [4.78, 5) is 24.8. The highest BCUT2D eigenvalue weighted by atomic mass is 32.1. The third-order valence-corrected chi connectivity index (χ3v) is 6.42. The smallest absolute Gasteiger partial charge is 0.260 e. The van der Waals surface area contributed by atoms with E-state index < -0.39 is 0 Å². The van der Waals surface area contributed by atoms with Gasteiger partial charge in [-0.1, -0.05) is 6.07 Å². The molecule has 3 aromatic heterocycles. The van der Waals surface area contributed by atoms with Gasteiger partial charge in [0.2, 0.25) is 0 Å². The maximum Gasteiger partial charge on any atom is 0.260 e. The van der Waals surface area contributed by atoms with Gasteiger partial charge in [-0.15, -0.1) is 22.7 Å². The standard InChI is InChI=1S/C18H21N3O2S2/c1-10-7-21(8-11(2)23-10)12(3)16-19-17(22)15-13(9-25-18(15)20-16)14-5-4-6-24-14/h4-6,9-12H,7-8H2,1-3H3,(H,19,20,22)/t10-,11-,12-/m0/s1. The highest BCUT2D eigenvalue weighted by Crippen LogP contribution is 2.34. The molecule has 3 aromatic rings. The molecular weight excluding hydrogens is 354 g/mol. The van der Waals surface area contributed by atoms with Crippen molar-refractivity contribution in [2.75, 3.05) is 13.1 Å². The first-order valence-corrected chi connectivity index (χ1v) is 10.2. The van der Waals surface area contributed by atoms with Gasteiger partial charge in [0.1, 0.15) is 10.7 Å². The zero-order valence-corrected chi connectivity index (χ0v) is 16.1. The summed E-state index contributed by atoms with van der Waals surface area (Å²) in [5.74, 6) is 0.735. The van der Waals surface area contributed by atoms with Gasteiger partial charge in [-0.25, -0.2) is 4.98 Å². The first kappa shape index (κ1) is 16.9. The van der Waals surface area contributed by atoms with Crippen molar-refractivity contribution in [3.8, 4) is 10.4 Å². The van der Waals surface area contributed by atoms with Crippen molar-refractivity contribution in [1.29, 1.82) is 0 Å². The minimum absolute atomic E-state index is 0.0501. The van der Waals surface area contributed by atoms with Crippen LogP contribution in [0, 0.1) is 0 Å². The number of fused-ring (bicyclic) bond motifs is 1. The Morgan fingerprint density at radius 2 is 2.08 bits per heavy atom. The van der Waals surface area contributed by atoms with Crippen LogP contribution >= 0.6 is 22.7 Å². The molecule has 0 aromatic carbocycles. The third-order valence-electron chi connectivity index (χ3n) is 4.64. The van der Waals surface area contributed by atoms with Gasteiger partial charge in [0, 0.05) is 28.9 Å². The molecule has 0 amide bonds. The van der Waals surface area contributed by atoms with Gasteiger partial charge < -0.3 is 9.72 Å². The van der Waals surface area contributed by atoms with Crippen LogP contribution in [0.5, 0.6) is 0 Å². The number of aromatic amines is 1. The molecule has 1 aliphatic rings. The highest BCUT2D eigenvalue weighted by molar-refractivity contribution is 7.18. The Hall–Kier alpha value is -1.54. The Kier molecular flexibility index (Phi) is 4.49. The van der Waals surface area contributed by atoms with Gasteiger partial charge >= 0.3 is 0 Å². The summed E-state index contributed by atoms with van der Waals surface area (Å²) in [5.41, 5.74) is 0.933. The second kappa shape index (κ2) is 6.64. The fourth-order valence-corrected chi connectivity index (χ4v) is 5.25. The second-order valence-electron chi connectivity index (χ2n) is 6.65. The quantitative estimate of drug-likeness (QED) is 0.755. The fourth-order valence-electron chi connectivity index (χ4n) is 3.48. The number of ether oxygens (including phenoxy) is 1. The Balaban J connectivity index is 1.71. The summed E-state index contributed by atoms with van der Waals surface area (Å²) in [5, 5.41) is 4.76. The Bertz CT molecular complexity index is 922. The molecule has 7 heteroatoms. The lowest BCUT2D eigenvalue weighted by Gasteiger charge is -2.38. The van der Waals surface area contributed by atoms with Crippen molar-refractivity contribution in [3.63, 3.8) is 0 Å². The van der Waals surface area contributed by atoms with Crippen molar-refractivity contribution >= 4 is 32.9 Å². The van der Waals surface area contributed by atoms with Gasteiger partial charge in [-0.2, -0.15) is 0 Å². The molecule has 0 unspecified atom stereocenters. The molecule has 1 N–H and O–H groups in total. The zero-order chi connectivity index (χ0) is 17.6. The monoisotopic (exact) mass is 375 g/mol. The van der Waals surface area contributed by atoms with Crippen LogP contribution in [0.25, 0.3) is 20.7 Å². The average molecular weight is 376 g/mol. The molecule has 0 aliphatic carbocycles. The summed E-state index contributed by atoms with van der Waals surface area (Å²) < 4.78 is 5.81. The number of rotatable bonds is 3. The van der Waals surface area contributed by atoms with E-state index in [1.807, 2.05) is 22.9 Å². The minimum atomic E-state index is -0.0501. The number of H-pyrrole nitrogens is 1. The predicted octanol–water partition coefficient (Wildman–Crippen LogP) is 3.88. The maximum absolute atomic E-state index is 12.8. The number of nitrogens with zero attached hydrogens (tertiary/aromatic N) is 2. The van der Waals surface area contributed by atoms with Gasteiger partial charge in [0.05, 0.1) is 23.6 Å². The molecule has 3 atom stereocenters. The van der Waals surface area contributed by atoms with E-state index in [0.29, 0.717) is 5.39 Å². The first-order valence-electron chi connectivity index (χ1n) is 8.47. The molecule has 4 rings (SSSR count). The van der Waals surface area contributed by atoms with Crippen molar-refractivity contribution in [2.45, 2.75) is 39.0 Å². The molecule has 0 bridgehead atoms. The summed E-state index contributed by atoms with van der Waals surface area (Å²) >= 11 is 3.18. The number of hydrogen-bond donors (Lipinski definition) is 1. The van der Waals surface area contributed by atoms with E-state index in [4.69, 9.17) is 9.72 Å². The minimum Gasteiger partial charge on any atom is -0.373 e. The topological polar surface area (TPSA) is 58.2 Å². The summed E-state index contributed by atoms with van der Waals surface area (Å²) in [6.07, 6.45) is 0.377. The second-order valence-corrected chi connectivity index (χ2v) is 8.45. The largest absolute Gasteiger partial charge is 0.373 e. The van der Waals surface area contributed by atoms with Crippen molar-refractivity contribution in [1.82, 2.24) is 14.9 Å². The van der Waals surface area contributed by atoms with Crippen LogP contribution in [0.2, 0.25) is 0 Å². The molecule has 25 heavy (non-hydrogen) atoms. The van der Waals surface area contributed by atoms with Crippen LogP contribution in [-0.2, 0) is 4.74 Å². The number of nitrogens with one attached hydrogen (secondary N) is 1. The van der Waals surface area contributed by atoms with Crippen LogP contribution in [0.15, 0.2) is 27.7 Å². The third kappa shape index (κ3) is 3.17. The number of aromatic nitrogens is 2. The van der Waals surface area contributed by atoms with Gasteiger partial charge in [-0.05, 0) is 32.2 Å². The molecule has 0 saturated carbocycles. The van der Waals surface area contributed by atoms with E-state index in [9.17, 15) is 4.79 Å².